The number of imide groups is 1. The maximum Gasteiger partial charge on any atom is 0.325 e. The Hall–Kier alpha value is -3.43. The van der Waals surface area contributed by atoms with Crippen LogP contribution in [0.3, 0.4) is 0 Å². The Bertz CT molecular complexity index is 1210. The van der Waals surface area contributed by atoms with Gasteiger partial charge in [-0.1, -0.05) is 48.0 Å². The highest BCUT2D eigenvalue weighted by molar-refractivity contribution is 6.30. The first kappa shape index (κ1) is 24.3. The molecular weight excluding hydrogens is 480 g/mol. The van der Waals surface area contributed by atoms with Crippen molar-refractivity contribution < 1.29 is 14.4 Å². The number of piperazine rings is 1. The van der Waals surface area contributed by atoms with Crippen molar-refractivity contribution in [3.63, 3.8) is 0 Å². The first-order valence-corrected chi connectivity index (χ1v) is 12.4. The topological polar surface area (TPSA) is 88.6 Å². The van der Waals surface area contributed by atoms with Gasteiger partial charge >= 0.3 is 6.03 Å². The number of hydrogen-bond donors (Lipinski definition) is 1. The average Bonchev–Trinajstić information content (AvgIpc) is 3.23. The van der Waals surface area contributed by atoms with E-state index in [1.807, 2.05) is 36.4 Å². The smallest absolute Gasteiger partial charge is 0.325 e. The zero-order valence-electron chi connectivity index (χ0n) is 20.4. The largest absolute Gasteiger partial charge is 0.369 e. The number of urea groups is 1. The van der Waals surface area contributed by atoms with Crippen LogP contribution in [0.2, 0.25) is 5.02 Å². The molecule has 3 amide bonds. The van der Waals surface area contributed by atoms with Crippen LogP contribution in [0.5, 0.6) is 0 Å². The number of rotatable bonds is 6. The second kappa shape index (κ2) is 9.91. The number of nitrogens with zero attached hydrogens (tertiary/aromatic N) is 5. The molecule has 5 rings (SSSR count). The summed E-state index contributed by atoms with van der Waals surface area (Å²) in [6, 6.07) is 13.7. The Morgan fingerprint density at radius 3 is 2.53 bits per heavy atom. The standard InChI is InChI=1S/C26H29ClN6O3/c1-17-8-9-19(27)14-20(17)32-12-10-31(11-13-32)16-22-28-24-23(25(35)29-26(36)30(24)2)33(22)15-21(34)18-6-4-3-5-7-18/h3-9,14,23-24H,10-13,15-16H2,1-2H3,(H,29,35,36). The van der Waals surface area contributed by atoms with E-state index in [-0.39, 0.29) is 12.3 Å². The van der Waals surface area contributed by atoms with E-state index in [2.05, 4.69) is 22.0 Å². The second-order valence-corrected chi connectivity index (χ2v) is 9.86. The fraction of sp³-hybridized carbons (Fsp3) is 0.385. The Balaban J connectivity index is 1.32. The molecule has 2 unspecified atom stereocenters. The Labute approximate surface area is 215 Å². The number of benzene rings is 2. The Kier molecular flexibility index (Phi) is 6.68. The number of fused-ring (bicyclic) bond motifs is 1. The van der Waals surface area contributed by atoms with Gasteiger partial charge < -0.3 is 14.7 Å². The number of ketones is 1. The van der Waals surface area contributed by atoms with E-state index in [9.17, 15) is 14.4 Å². The molecule has 3 aliphatic heterocycles. The molecule has 0 aliphatic carbocycles. The van der Waals surface area contributed by atoms with Crippen LogP contribution in [-0.2, 0) is 4.79 Å². The lowest BCUT2D eigenvalue weighted by molar-refractivity contribution is -0.126. The normalized spacial score (nSPS) is 22.4. The zero-order valence-corrected chi connectivity index (χ0v) is 21.1. The van der Waals surface area contributed by atoms with E-state index in [0.29, 0.717) is 17.9 Å². The van der Waals surface area contributed by atoms with E-state index >= 15 is 0 Å². The summed E-state index contributed by atoms with van der Waals surface area (Å²) in [4.78, 5) is 50.7. The average molecular weight is 509 g/mol. The van der Waals surface area contributed by atoms with Gasteiger partial charge in [-0.15, -0.1) is 0 Å². The van der Waals surface area contributed by atoms with Crippen molar-refractivity contribution in [2.24, 2.45) is 4.99 Å². The number of amidine groups is 1. The number of amides is 3. The number of halogens is 1. The van der Waals surface area contributed by atoms with Gasteiger partial charge in [0.1, 0.15) is 5.84 Å². The quantitative estimate of drug-likeness (QED) is 0.602. The summed E-state index contributed by atoms with van der Waals surface area (Å²) >= 11 is 6.23. The summed E-state index contributed by atoms with van der Waals surface area (Å²) in [5.74, 6) is 0.125. The van der Waals surface area contributed by atoms with Gasteiger partial charge in [-0.3, -0.25) is 19.8 Å². The molecule has 188 valence electrons. The van der Waals surface area contributed by atoms with Crippen LogP contribution in [-0.4, -0.2) is 96.8 Å². The van der Waals surface area contributed by atoms with Gasteiger partial charge in [0, 0.05) is 49.5 Å². The molecule has 0 bridgehead atoms. The zero-order chi connectivity index (χ0) is 25.4. The third kappa shape index (κ3) is 4.68. The summed E-state index contributed by atoms with van der Waals surface area (Å²) in [6.07, 6.45) is -0.653. The number of likely N-dealkylation sites (N-methyl/N-ethyl adjacent to an activating group) is 1. The van der Waals surface area contributed by atoms with E-state index < -0.39 is 24.1 Å². The van der Waals surface area contributed by atoms with Crippen LogP contribution in [0.15, 0.2) is 53.5 Å². The molecule has 0 spiro atoms. The molecule has 0 saturated carbocycles. The van der Waals surface area contributed by atoms with Gasteiger partial charge in [-0.25, -0.2) is 9.79 Å². The molecule has 3 heterocycles. The van der Waals surface area contributed by atoms with Gasteiger partial charge in [-0.05, 0) is 24.6 Å². The summed E-state index contributed by atoms with van der Waals surface area (Å²) in [6.45, 7) is 5.82. The number of Topliss-reactive ketones (excluding diaryl/α,β-unsaturated/α-hetero) is 1. The number of carbonyl (C=O) groups is 3. The summed E-state index contributed by atoms with van der Waals surface area (Å²) in [5.41, 5.74) is 2.89. The lowest BCUT2D eigenvalue weighted by Gasteiger charge is -2.38. The van der Waals surface area contributed by atoms with E-state index in [0.717, 1.165) is 36.9 Å². The van der Waals surface area contributed by atoms with Crippen molar-refractivity contribution >= 4 is 40.8 Å². The monoisotopic (exact) mass is 508 g/mol. The van der Waals surface area contributed by atoms with E-state index in [1.54, 1.807) is 24.1 Å². The van der Waals surface area contributed by atoms with E-state index in [1.165, 1.54) is 10.5 Å². The number of aryl methyl sites for hydroxylation is 1. The number of carbonyl (C=O) groups excluding carboxylic acids is 3. The maximum atomic E-state index is 13.1. The highest BCUT2D eigenvalue weighted by Gasteiger charge is 2.49. The predicted molar refractivity (Wildman–Crippen MR) is 139 cm³/mol. The minimum Gasteiger partial charge on any atom is -0.369 e. The minimum absolute atomic E-state index is 0.0150. The molecule has 0 aromatic heterocycles. The molecule has 9 nitrogen and oxygen atoms in total. The number of aliphatic imine (C=N–C) groups is 1. The van der Waals surface area contributed by atoms with Crippen molar-refractivity contribution in [3.05, 3.63) is 64.7 Å². The molecule has 2 atom stereocenters. The molecule has 2 saturated heterocycles. The summed E-state index contributed by atoms with van der Waals surface area (Å²) in [7, 11) is 1.62. The first-order valence-electron chi connectivity index (χ1n) is 12.0. The number of anilines is 1. The van der Waals surface area contributed by atoms with Gasteiger partial charge in [0.2, 0.25) is 0 Å². The number of nitrogens with one attached hydrogen (secondary N) is 1. The molecule has 2 aromatic carbocycles. The molecular formula is C26H29ClN6O3. The molecule has 2 aromatic rings. The fourth-order valence-corrected chi connectivity index (χ4v) is 5.21. The van der Waals surface area contributed by atoms with Crippen molar-refractivity contribution in [1.82, 2.24) is 20.0 Å². The SMILES string of the molecule is Cc1ccc(Cl)cc1N1CCN(CC2=NC3C(C(=O)NC(=O)N3C)N2CC(=O)c2ccccc2)CC1. The highest BCUT2D eigenvalue weighted by Crippen LogP contribution is 2.27. The van der Waals surface area contributed by atoms with Crippen molar-refractivity contribution in [1.29, 1.82) is 0 Å². The van der Waals surface area contributed by atoms with Gasteiger partial charge in [0.15, 0.2) is 18.0 Å². The van der Waals surface area contributed by atoms with Crippen LogP contribution in [0.4, 0.5) is 10.5 Å². The lowest BCUT2D eigenvalue weighted by atomic mass is 10.1. The first-order chi connectivity index (χ1) is 17.3. The molecule has 2 fully saturated rings. The fourth-order valence-electron chi connectivity index (χ4n) is 5.04. The number of hydrogen-bond acceptors (Lipinski definition) is 7. The van der Waals surface area contributed by atoms with Crippen LogP contribution in [0.25, 0.3) is 0 Å². The van der Waals surface area contributed by atoms with E-state index in [4.69, 9.17) is 16.6 Å². The third-order valence-electron chi connectivity index (χ3n) is 7.11. The van der Waals surface area contributed by atoms with Crippen molar-refractivity contribution in [2.75, 3.05) is 51.2 Å². The van der Waals surface area contributed by atoms with Gasteiger partial charge in [0.25, 0.3) is 5.91 Å². The van der Waals surface area contributed by atoms with Crippen LogP contribution >= 0.6 is 11.6 Å². The Morgan fingerprint density at radius 2 is 1.81 bits per heavy atom. The molecule has 36 heavy (non-hydrogen) atoms. The Morgan fingerprint density at radius 1 is 1.08 bits per heavy atom. The second-order valence-electron chi connectivity index (χ2n) is 9.42. The highest BCUT2D eigenvalue weighted by atomic mass is 35.5. The van der Waals surface area contributed by atoms with Gasteiger partial charge in [-0.2, -0.15) is 0 Å². The molecule has 0 radical (unpaired) electrons. The molecule has 3 aliphatic rings. The predicted octanol–water partition coefficient (Wildman–Crippen LogP) is 2.24. The minimum atomic E-state index is -0.731. The summed E-state index contributed by atoms with van der Waals surface area (Å²) < 4.78 is 0. The lowest BCUT2D eigenvalue weighted by Crippen LogP contribution is -2.64. The van der Waals surface area contributed by atoms with Gasteiger partial charge in [0.05, 0.1) is 13.1 Å². The third-order valence-corrected chi connectivity index (χ3v) is 7.34. The van der Waals surface area contributed by atoms with Crippen LogP contribution in [0.1, 0.15) is 15.9 Å². The molecule has 1 N–H and O–H groups in total. The summed E-state index contributed by atoms with van der Waals surface area (Å²) in [5, 5.41) is 3.11. The molecule has 10 heteroatoms. The van der Waals surface area contributed by atoms with Crippen molar-refractivity contribution in [3.8, 4) is 0 Å². The van der Waals surface area contributed by atoms with Crippen LogP contribution < -0.4 is 10.2 Å². The van der Waals surface area contributed by atoms with Crippen molar-refractivity contribution in [2.45, 2.75) is 19.1 Å². The maximum absolute atomic E-state index is 13.1. The van der Waals surface area contributed by atoms with Crippen LogP contribution in [0, 0.1) is 6.92 Å².